The molecular weight excluding hydrogens is 255 g/mol. The number of amides is 1. The number of hydrogen-bond acceptors (Lipinski definition) is 1. The van der Waals surface area contributed by atoms with Crippen LogP contribution < -0.4 is 5.32 Å². The Kier molecular flexibility index (Phi) is 3.74. The fourth-order valence-electron chi connectivity index (χ4n) is 1.92. The van der Waals surface area contributed by atoms with Crippen LogP contribution in [0.25, 0.3) is 10.8 Å². The standard InChI is InChI=1S/C14H12F3NO/c15-14(16,17)13(19)18-9-8-11-6-3-5-10-4-1-2-7-12(10)11/h1-7H,8-9H2,(H,18,19). The van der Waals surface area contributed by atoms with E-state index < -0.39 is 12.1 Å². The van der Waals surface area contributed by atoms with Crippen LogP contribution in [-0.2, 0) is 11.2 Å². The Hall–Kier alpha value is -2.04. The third-order valence-corrected chi connectivity index (χ3v) is 2.82. The lowest BCUT2D eigenvalue weighted by Gasteiger charge is -2.09. The molecule has 0 saturated heterocycles. The summed E-state index contributed by atoms with van der Waals surface area (Å²) in [5.74, 6) is -1.90. The Labute approximate surface area is 108 Å². The number of carbonyl (C=O) groups is 1. The maximum Gasteiger partial charge on any atom is 0.471 e. The van der Waals surface area contributed by atoms with Crippen LogP contribution in [0.15, 0.2) is 42.5 Å². The highest BCUT2D eigenvalue weighted by molar-refractivity contribution is 5.86. The monoisotopic (exact) mass is 267 g/mol. The highest BCUT2D eigenvalue weighted by Crippen LogP contribution is 2.19. The molecule has 2 nitrogen and oxygen atoms in total. The van der Waals surface area contributed by atoms with Crippen molar-refractivity contribution in [2.45, 2.75) is 12.6 Å². The van der Waals surface area contributed by atoms with Crippen LogP contribution in [-0.4, -0.2) is 18.6 Å². The zero-order valence-electron chi connectivity index (χ0n) is 10.00. The Balaban J connectivity index is 2.05. The molecule has 0 bridgehead atoms. The van der Waals surface area contributed by atoms with Crippen LogP contribution in [0.3, 0.4) is 0 Å². The molecule has 2 rings (SSSR count). The van der Waals surface area contributed by atoms with Gasteiger partial charge in [-0.05, 0) is 22.8 Å². The molecule has 0 atom stereocenters. The first-order valence-electron chi connectivity index (χ1n) is 5.80. The predicted molar refractivity (Wildman–Crippen MR) is 66.7 cm³/mol. The number of halogens is 3. The molecule has 0 fully saturated rings. The SMILES string of the molecule is O=C(NCCc1cccc2ccccc12)C(F)(F)F. The van der Waals surface area contributed by atoms with Gasteiger partial charge in [0, 0.05) is 6.54 Å². The molecule has 19 heavy (non-hydrogen) atoms. The third kappa shape index (κ3) is 3.24. The van der Waals surface area contributed by atoms with Gasteiger partial charge < -0.3 is 5.32 Å². The van der Waals surface area contributed by atoms with Crippen molar-refractivity contribution in [3.05, 3.63) is 48.0 Å². The average Bonchev–Trinajstić information content (AvgIpc) is 2.38. The maximum absolute atomic E-state index is 12.0. The fraction of sp³-hybridized carbons (Fsp3) is 0.214. The molecule has 0 aliphatic heterocycles. The van der Waals surface area contributed by atoms with E-state index in [1.165, 1.54) is 0 Å². The van der Waals surface area contributed by atoms with Crippen molar-refractivity contribution in [3.63, 3.8) is 0 Å². The second kappa shape index (κ2) is 5.30. The highest BCUT2D eigenvalue weighted by Gasteiger charge is 2.38. The lowest BCUT2D eigenvalue weighted by molar-refractivity contribution is -0.173. The summed E-state index contributed by atoms with van der Waals surface area (Å²) in [6.07, 6.45) is -4.46. The molecule has 2 aromatic rings. The lowest BCUT2D eigenvalue weighted by atomic mass is 10.0. The number of fused-ring (bicyclic) bond motifs is 1. The molecule has 1 N–H and O–H groups in total. The van der Waals surface area contributed by atoms with Gasteiger partial charge in [0.05, 0.1) is 0 Å². The van der Waals surface area contributed by atoms with Gasteiger partial charge >= 0.3 is 12.1 Å². The first kappa shape index (κ1) is 13.4. The van der Waals surface area contributed by atoms with E-state index in [0.717, 1.165) is 16.3 Å². The van der Waals surface area contributed by atoms with Crippen LogP contribution in [0.5, 0.6) is 0 Å². The van der Waals surface area contributed by atoms with Gasteiger partial charge in [0.15, 0.2) is 0 Å². The molecule has 0 heterocycles. The molecule has 0 aliphatic rings. The van der Waals surface area contributed by atoms with Crippen LogP contribution in [0, 0.1) is 0 Å². The van der Waals surface area contributed by atoms with Crippen LogP contribution in [0.4, 0.5) is 13.2 Å². The Morgan fingerprint density at radius 2 is 1.74 bits per heavy atom. The van der Waals surface area contributed by atoms with E-state index in [-0.39, 0.29) is 6.54 Å². The van der Waals surface area contributed by atoms with Crippen molar-refractivity contribution >= 4 is 16.7 Å². The van der Waals surface area contributed by atoms with Gasteiger partial charge in [-0.25, -0.2) is 0 Å². The Bertz CT molecular complexity index is 587. The summed E-state index contributed by atoms with van der Waals surface area (Å²) in [6, 6.07) is 13.3. The lowest BCUT2D eigenvalue weighted by Crippen LogP contribution is -2.37. The molecule has 0 radical (unpaired) electrons. The van der Waals surface area contributed by atoms with E-state index in [1.807, 2.05) is 47.8 Å². The summed E-state index contributed by atoms with van der Waals surface area (Å²) in [7, 11) is 0. The van der Waals surface area contributed by atoms with Crippen molar-refractivity contribution in [1.82, 2.24) is 5.32 Å². The van der Waals surface area contributed by atoms with Crippen molar-refractivity contribution in [2.75, 3.05) is 6.54 Å². The second-order valence-corrected chi connectivity index (χ2v) is 4.14. The van der Waals surface area contributed by atoms with Crippen molar-refractivity contribution < 1.29 is 18.0 Å². The first-order valence-corrected chi connectivity index (χ1v) is 5.80. The molecule has 0 saturated carbocycles. The summed E-state index contributed by atoms with van der Waals surface area (Å²) >= 11 is 0. The predicted octanol–water partition coefficient (Wildman–Crippen LogP) is 3.06. The molecule has 5 heteroatoms. The maximum atomic E-state index is 12.0. The minimum absolute atomic E-state index is 0.0354. The average molecular weight is 267 g/mol. The minimum Gasteiger partial charge on any atom is -0.348 e. The zero-order valence-corrected chi connectivity index (χ0v) is 10.00. The quantitative estimate of drug-likeness (QED) is 0.909. The van der Waals surface area contributed by atoms with Gasteiger partial charge in [-0.2, -0.15) is 13.2 Å². The molecule has 0 unspecified atom stereocenters. The number of carbonyl (C=O) groups excluding carboxylic acids is 1. The largest absolute Gasteiger partial charge is 0.471 e. The van der Waals surface area contributed by atoms with Gasteiger partial charge in [0.25, 0.3) is 0 Å². The van der Waals surface area contributed by atoms with E-state index in [9.17, 15) is 18.0 Å². The summed E-state index contributed by atoms with van der Waals surface area (Å²) in [5.41, 5.74) is 0.917. The Morgan fingerprint density at radius 1 is 1.05 bits per heavy atom. The van der Waals surface area contributed by atoms with E-state index >= 15 is 0 Å². The Morgan fingerprint density at radius 3 is 2.47 bits per heavy atom. The molecule has 0 aromatic heterocycles. The molecular formula is C14H12F3NO. The fourth-order valence-corrected chi connectivity index (χ4v) is 1.92. The van der Waals surface area contributed by atoms with Crippen molar-refractivity contribution in [3.8, 4) is 0 Å². The smallest absolute Gasteiger partial charge is 0.348 e. The molecule has 2 aromatic carbocycles. The van der Waals surface area contributed by atoms with Gasteiger partial charge in [-0.15, -0.1) is 0 Å². The highest BCUT2D eigenvalue weighted by atomic mass is 19.4. The number of benzene rings is 2. The summed E-state index contributed by atoms with van der Waals surface area (Å²) < 4.78 is 36.0. The number of rotatable bonds is 3. The topological polar surface area (TPSA) is 29.1 Å². The van der Waals surface area contributed by atoms with Gasteiger partial charge in [-0.3, -0.25) is 4.79 Å². The first-order chi connectivity index (χ1) is 8.98. The number of hydrogen-bond donors (Lipinski definition) is 1. The van der Waals surface area contributed by atoms with Crippen molar-refractivity contribution in [2.24, 2.45) is 0 Å². The number of alkyl halides is 3. The van der Waals surface area contributed by atoms with Gasteiger partial charge in [0.1, 0.15) is 0 Å². The summed E-state index contributed by atoms with van der Waals surface area (Å²) in [4.78, 5) is 10.7. The van der Waals surface area contributed by atoms with E-state index in [2.05, 4.69) is 0 Å². The zero-order chi connectivity index (χ0) is 13.9. The number of nitrogens with one attached hydrogen (secondary N) is 1. The second-order valence-electron chi connectivity index (χ2n) is 4.14. The van der Waals surface area contributed by atoms with Crippen molar-refractivity contribution in [1.29, 1.82) is 0 Å². The molecule has 0 aliphatic carbocycles. The van der Waals surface area contributed by atoms with Crippen LogP contribution in [0.1, 0.15) is 5.56 Å². The molecule has 100 valence electrons. The van der Waals surface area contributed by atoms with E-state index in [1.54, 1.807) is 0 Å². The summed E-state index contributed by atoms with van der Waals surface area (Å²) in [6.45, 7) is -0.0354. The molecule has 1 amide bonds. The molecule has 0 spiro atoms. The summed E-state index contributed by atoms with van der Waals surface area (Å²) in [5, 5.41) is 3.89. The van der Waals surface area contributed by atoms with Gasteiger partial charge in [-0.1, -0.05) is 42.5 Å². The van der Waals surface area contributed by atoms with Crippen LogP contribution >= 0.6 is 0 Å². The van der Waals surface area contributed by atoms with Crippen LogP contribution in [0.2, 0.25) is 0 Å². The normalized spacial score (nSPS) is 11.5. The third-order valence-electron chi connectivity index (χ3n) is 2.82. The van der Waals surface area contributed by atoms with Gasteiger partial charge in [0.2, 0.25) is 0 Å². The van der Waals surface area contributed by atoms with E-state index in [4.69, 9.17) is 0 Å². The minimum atomic E-state index is -4.82. The van der Waals surface area contributed by atoms with E-state index in [0.29, 0.717) is 6.42 Å².